The van der Waals surface area contributed by atoms with Crippen LogP contribution in [-0.4, -0.2) is 38.3 Å². The maximum atomic E-state index is 8.49. The molecular formula is C11H20N2O. The van der Waals surface area contributed by atoms with E-state index < -0.39 is 0 Å². The molecule has 0 unspecified atom stereocenters. The van der Waals surface area contributed by atoms with Crippen molar-refractivity contribution in [1.29, 1.82) is 5.26 Å². The van der Waals surface area contributed by atoms with Crippen LogP contribution in [0.15, 0.2) is 12.7 Å². The predicted octanol–water partition coefficient (Wildman–Crippen LogP) is 1.81. The molecule has 0 heterocycles. The molecule has 0 bridgehead atoms. The van der Waals surface area contributed by atoms with Crippen LogP contribution in [0.3, 0.4) is 0 Å². The second-order valence-electron chi connectivity index (χ2n) is 3.17. The summed E-state index contributed by atoms with van der Waals surface area (Å²) in [5, 5.41) is 8.49. The zero-order valence-corrected chi connectivity index (χ0v) is 9.04. The van der Waals surface area contributed by atoms with Crippen molar-refractivity contribution in [3.8, 4) is 6.07 Å². The highest BCUT2D eigenvalue weighted by atomic mass is 16.5. The Bertz CT molecular complexity index is 175. The van der Waals surface area contributed by atoms with Gasteiger partial charge in [-0.15, -0.1) is 6.58 Å². The monoisotopic (exact) mass is 196 g/mol. The molecule has 0 aliphatic heterocycles. The number of methoxy groups -OCH3 is 1. The largest absolute Gasteiger partial charge is 0.383 e. The molecule has 3 nitrogen and oxygen atoms in total. The molecule has 0 rings (SSSR count). The normalized spacial score (nSPS) is 10.1. The highest BCUT2D eigenvalue weighted by molar-refractivity contribution is 4.73. The van der Waals surface area contributed by atoms with E-state index in [-0.39, 0.29) is 0 Å². The van der Waals surface area contributed by atoms with E-state index in [1.807, 2.05) is 6.08 Å². The van der Waals surface area contributed by atoms with E-state index in [4.69, 9.17) is 10.00 Å². The molecule has 0 fully saturated rings. The average Bonchev–Trinajstić information content (AvgIpc) is 2.21. The molecule has 0 atom stereocenters. The second-order valence-corrected chi connectivity index (χ2v) is 3.17. The molecule has 0 saturated carbocycles. The molecule has 80 valence electrons. The van der Waals surface area contributed by atoms with Crippen molar-refractivity contribution in [3.05, 3.63) is 12.7 Å². The fourth-order valence-electron chi connectivity index (χ4n) is 1.22. The fraction of sp³-hybridized carbons (Fsp3) is 0.727. The van der Waals surface area contributed by atoms with Gasteiger partial charge < -0.3 is 9.64 Å². The van der Waals surface area contributed by atoms with Gasteiger partial charge >= 0.3 is 0 Å². The fourth-order valence-corrected chi connectivity index (χ4v) is 1.22. The number of nitriles is 1. The molecule has 0 spiro atoms. The zero-order valence-electron chi connectivity index (χ0n) is 9.04. The van der Waals surface area contributed by atoms with Crippen molar-refractivity contribution in [2.45, 2.75) is 19.3 Å². The van der Waals surface area contributed by atoms with Crippen LogP contribution in [0.4, 0.5) is 0 Å². The summed E-state index contributed by atoms with van der Waals surface area (Å²) in [6, 6.07) is 2.16. The Morgan fingerprint density at radius 2 is 2.21 bits per heavy atom. The lowest BCUT2D eigenvalue weighted by molar-refractivity contribution is 0.148. The quantitative estimate of drug-likeness (QED) is 0.417. The number of hydrogen-bond acceptors (Lipinski definition) is 3. The van der Waals surface area contributed by atoms with E-state index >= 15 is 0 Å². The van der Waals surface area contributed by atoms with Gasteiger partial charge in [0.25, 0.3) is 0 Å². The van der Waals surface area contributed by atoms with E-state index in [0.717, 1.165) is 39.1 Å². The van der Waals surface area contributed by atoms with Crippen LogP contribution >= 0.6 is 0 Å². The lowest BCUT2D eigenvalue weighted by atomic mass is 10.3. The lowest BCUT2D eigenvalue weighted by Crippen LogP contribution is -2.29. The molecule has 0 aromatic rings. The molecular weight excluding hydrogens is 176 g/mol. The van der Waals surface area contributed by atoms with Gasteiger partial charge in [0.2, 0.25) is 0 Å². The van der Waals surface area contributed by atoms with Crippen molar-refractivity contribution in [3.63, 3.8) is 0 Å². The molecule has 0 aliphatic carbocycles. The van der Waals surface area contributed by atoms with Crippen LogP contribution < -0.4 is 0 Å². The standard InChI is InChI=1S/C11H20N2O/c1-3-4-5-8-13(9-6-7-12)10-11-14-2/h3H,1,4-6,8-11H2,2H3. The van der Waals surface area contributed by atoms with Crippen molar-refractivity contribution in [2.75, 3.05) is 33.4 Å². The number of hydrogen-bond donors (Lipinski definition) is 0. The Balaban J connectivity index is 3.61. The Morgan fingerprint density at radius 1 is 1.43 bits per heavy atom. The first-order chi connectivity index (χ1) is 6.85. The number of ether oxygens (including phenoxy) is 1. The summed E-state index contributed by atoms with van der Waals surface area (Å²) >= 11 is 0. The maximum Gasteiger partial charge on any atom is 0.0635 e. The average molecular weight is 196 g/mol. The molecule has 0 radical (unpaired) electrons. The summed E-state index contributed by atoms with van der Waals surface area (Å²) in [4.78, 5) is 2.26. The van der Waals surface area contributed by atoms with E-state index in [1.165, 1.54) is 0 Å². The number of allylic oxidation sites excluding steroid dienone is 1. The van der Waals surface area contributed by atoms with Crippen LogP contribution in [0, 0.1) is 11.3 Å². The van der Waals surface area contributed by atoms with Gasteiger partial charge in [-0.25, -0.2) is 0 Å². The summed E-state index contributed by atoms with van der Waals surface area (Å²) in [7, 11) is 1.70. The molecule has 0 aromatic carbocycles. The van der Waals surface area contributed by atoms with E-state index in [2.05, 4.69) is 17.5 Å². The molecule has 0 saturated heterocycles. The van der Waals surface area contributed by atoms with E-state index in [9.17, 15) is 0 Å². The first kappa shape index (κ1) is 13.2. The Morgan fingerprint density at radius 3 is 2.79 bits per heavy atom. The topological polar surface area (TPSA) is 36.3 Å². The van der Waals surface area contributed by atoms with Crippen LogP contribution in [0.2, 0.25) is 0 Å². The van der Waals surface area contributed by atoms with Gasteiger partial charge in [-0.05, 0) is 19.4 Å². The third-order valence-corrected chi connectivity index (χ3v) is 2.03. The summed E-state index contributed by atoms with van der Waals surface area (Å²) < 4.78 is 5.01. The van der Waals surface area contributed by atoms with Crippen molar-refractivity contribution in [1.82, 2.24) is 4.90 Å². The smallest absolute Gasteiger partial charge is 0.0635 e. The highest BCUT2D eigenvalue weighted by Gasteiger charge is 2.02. The molecule has 0 amide bonds. The second kappa shape index (κ2) is 10.2. The summed E-state index contributed by atoms with van der Waals surface area (Å²) in [5.41, 5.74) is 0. The summed E-state index contributed by atoms with van der Waals surface area (Å²) in [6.45, 7) is 7.20. The maximum absolute atomic E-state index is 8.49. The minimum Gasteiger partial charge on any atom is -0.383 e. The third kappa shape index (κ3) is 7.78. The van der Waals surface area contributed by atoms with Crippen LogP contribution in [0.1, 0.15) is 19.3 Å². The van der Waals surface area contributed by atoms with Gasteiger partial charge in [-0.1, -0.05) is 6.08 Å². The first-order valence-corrected chi connectivity index (χ1v) is 5.04. The Labute approximate surface area is 87.0 Å². The highest BCUT2D eigenvalue weighted by Crippen LogP contribution is 1.97. The predicted molar refractivity (Wildman–Crippen MR) is 58.0 cm³/mol. The van der Waals surface area contributed by atoms with Crippen LogP contribution in [-0.2, 0) is 4.74 Å². The number of rotatable bonds is 9. The van der Waals surface area contributed by atoms with Gasteiger partial charge in [0.05, 0.1) is 12.7 Å². The van der Waals surface area contributed by atoms with E-state index in [0.29, 0.717) is 6.42 Å². The lowest BCUT2D eigenvalue weighted by Gasteiger charge is -2.20. The summed E-state index contributed by atoms with van der Waals surface area (Å²) in [6.07, 6.45) is 4.67. The van der Waals surface area contributed by atoms with Gasteiger partial charge in [0, 0.05) is 26.6 Å². The van der Waals surface area contributed by atoms with E-state index in [1.54, 1.807) is 7.11 Å². The Kier molecular flexibility index (Phi) is 9.61. The van der Waals surface area contributed by atoms with Crippen molar-refractivity contribution < 1.29 is 4.74 Å². The third-order valence-electron chi connectivity index (χ3n) is 2.03. The molecule has 0 aromatic heterocycles. The number of unbranched alkanes of at least 4 members (excludes halogenated alkanes) is 1. The molecule has 0 aliphatic rings. The van der Waals surface area contributed by atoms with Crippen molar-refractivity contribution in [2.24, 2.45) is 0 Å². The van der Waals surface area contributed by atoms with Crippen LogP contribution in [0.25, 0.3) is 0 Å². The minimum absolute atomic E-state index is 0.595. The minimum atomic E-state index is 0.595. The first-order valence-electron chi connectivity index (χ1n) is 5.04. The molecule has 14 heavy (non-hydrogen) atoms. The van der Waals surface area contributed by atoms with Crippen LogP contribution in [0.5, 0.6) is 0 Å². The zero-order chi connectivity index (χ0) is 10.6. The van der Waals surface area contributed by atoms with Gasteiger partial charge in [-0.3, -0.25) is 0 Å². The Hall–Kier alpha value is -0.850. The van der Waals surface area contributed by atoms with Gasteiger partial charge in [0.1, 0.15) is 0 Å². The SMILES string of the molecule is C=CCCCN(CCC#N)CCOC. The van der Waals surface area contributed by atoms with Gasteiger partial charge in [-0.2, -0.15) is 5.26 Å². The molecule has 0 N–H and O–H groups in total. The molecule has 3 heteroatoms. The summed E-state index contributed by atoms with van der Waals surface area (Å²) in [5.74, 6) is 0. The number of nitrogens with zero attached hydrogens (tertiary/aromatic N) is 2. The van der Waals surface area contributed by atoms with Gasteiger partial charge in [0.15, 0.2) is 0 Å². The van der Waals surface area contributed by atoms with Crippen molar-refractivity contribution >= 4 is 0 Å².